The van der Waals surface area contributed by atoms with E-state index in [0.717, 1.165) is 30.5 Å². The lowest BCUT2D eigenvalue weighted by Crippen LogP contribution is -2.69. The van der Waals surface area contributed by atoms with Crippen LogP contribution in [0.3, 0.4) is 0 Å². The summed E-state index contributed by atoms with van der Waals surface area (Å²) in [7, 11) is 0. The zero-order valence-electron chi connectivity index (χ0n) is 26.4. The van der Waals surface area contributed by atoms with Crippen molar-refractivity contribution in [2.45, 2.75) is 127 Å². The number of nitrogens with zero attached hydrogens (tertiary/aromatic N) is 2. The highest BCUT2D eigenvalue weighted by atomic mass is 16.7. The van der Waals surface area contributed by atoms with Gasteiger partial charge in [-0.1, -0.05) is 13.0 Å². The Kier molecular flexibility index (Phi) is 8.02. The first-order valence-electron chi connectivity index (χ1n) is 16.9. The Morgan fingerprint density at radius 3 is 2.64 bits per heavy atom. The third kappa shape index (κ3) is 5.02. The van der Waals surface area contributed by atoms with Gasteiger partial charge in [0.2, 0.25) is 0 Å². The molecule has 1 saturated heterocycles. The zero-order chi connectivity index (χ0) is 31.6. The Balaban J connectivity index is 1.17. The lowest BCUT2D eigenvalue weighted by atomic mass is 9.41. The summed E-state index contributed by atoms with van der Waals surface area (Å²) in [4.78, 5) is 21.4. The molecule has 10 heteroatoms. The number of cyclic esters (lactones) is 1. The molecule has 1 aromatic rings. The number of rotatable bonds is 6. The molecule has 0 unspecified atom stereocenters. The largest absolute Gasteiger partial charge is 0.458 e. The topological polar surface area (TPSA) is 151 Å². The zero-order valence-corrected chi connectivity index (χ0v) is 26.4. The summed E-state index contributed by atoms with van der Waals surface area (Å²) in [5, 5.41) is 45.9. The van der Waals surface area contributed by atoms with Gasteiger partial charge in [0.25, 0.3) is 0 Å². The van der Waals surface area contributed by atoms with Crippen molar-refractivity contribution in [3.05, 3.63) is 41.7 Å². The first kappa shape index (κ1) is 31.4. The molecule has 246 valence electrons. The van der Waals surface area contributed by atoms with Crippen molar-refractivity contribution in [3.8, 4) is 0 Å². The molecule has 5 fully saturated rings. The number of aliphatic hydroxyl groups excluding tert-OH is 2. The Morgan fingerprint density at radius 2 is 1.91 bits per heavy atom. The van der Waals surface area contributed by atoms with Gasteiger partial charge in [-0.2, -0.15) is 0 Å². The summed E-state index contributed by atoms with van der Waals surface area (Å²) in [5.41, 5.74) is -1.19. The van der Waals surface area contributed by atoms with Crippen LogP contribution in [0.4, 0.5) is 0 Å². The number of aliphatic imine (C=N–C) groups is 1. The first-order chi connectivity index (χ1) is 21.5. The third-order valence-electron chi connectivity index (χ3n) is 12.9. The fraction of sp³-hybridized carbons (Fsp3) is 0.743. The normalized spacial score (nSPS) is 48.0. The second kappa shape index (κ2) is 11.5. The van der Waals surface area contributed by atoms with Crippen LogP contribution >= 0.6 is 0 Å². The predicted octanol–water partition coefficient (Wildman–Crippen LogP) is 3.25. The summed E-state index contributed by atoms with van der Waals surface area (Å²) >= 11 is 0. The van der Waals surface area contributed by atoms with Gasteiger partial charge in [-0.05, 0) is 93.7 Å². The summed E-state index contributed by atoms with van der Waals surface area (Å²) in [6.45, 7) is 4.66. The quantitative estimate of drug-likeness (QED) is 0.212. The molecular formula is C35H48N2O8. The van der Waals surface area contributed by atoms with Crippen molar-refractivity contribution in [1.82, 2.24) is 4.98 Å². The van der Waals surface area contributed by atoms with E-state index in [0.29, 0.717) is 51.7 Å². The van der Waals surface area contributed by atoms with Gasteiger partial charge in [0.1, 0.15) is 12.7 Å². The van der Waals surface area contributed by atoms with Gasteiger partial charge in [0.15, 0.2) is 6.29 Å². The molecule has 7 rings (SSSR count). The maximum absolute atomic E-state index is 12.7. The molecule has 45 heavy (non-hydrogen) atoms. The van der Waals surface area contributed by atoms with Gasteiger partial charge in [-0.15, -0.1) is 0 Å². The minimum atomic E-state index is -1.10. The fourth-order valence-electron chi connectivity index (χ4n) is 10.6. The molecule has 4 aliphatic carbocycles. The van der Waals surface area contributed by atoms with Crippen molar-refractivity contribution in [2.75, 3.05) is 6.61 Å². The van der Waals surface area contributed by atoms with E-state index in [1.54, 1.807) is 19.2 Å². The van der Waals surface area contributed by atoms with E-state index in [9.17, 15) is 25.2 Å². The van der Waals surface area contributed by atoms with Gasteiger partial charge in [-0.25, -0.2) is 4.79 Å². The number of aliphatic hydroxyl groups is 4. The smallest absolute Gasteiger partial charge is 0.331 e. The summed E-state index contributed by atoms with van der Waals surface area (Å²) in [6.07, 6.45) is 8.31. The number of esters is 1. The standard InChI is InChI=1S/C35H48N2O8/c1-21-31(40)28(38)16-30(44-21)45-24-6-11-33(20-36-18-23-5-3-4-14-37-23)26-7-10-32(2)25(22-15-29(39)43-19-22)9-13-35(32,42)27(26)8-12-34(33,41)17-24/h3-5,14-15,20-21,24-28,30-31,38,40-42H,6-13,16-19H2,1-2H3/t21-,24+,25+,26-,27+,28+,30-,31-,32+,33-,34-,35+/m0/s1. The van der Waals surface area contributed by atoms with Crippen molar-refractivity contribution >= 4 is 12.2 Å². The van der Waals surface area contributed by atoms with Gasteiger partial charge < -0.3 is 34.6 Å². The highest BCUT2D eigenvalue weighted by molar-refractivity contribution is 5.85. The molecule has 0 spiro atoms. The molecule has 1 aromatic heterocycles. The molecule has 6 aliphatic rings. The lowest BCUT2D eigenvalue weighted by Gasteiger charge is -2.66. The molecule has 4 saturated carbocycles. The fourth-order valence-corrected chi connectivity index (χ4v) is 10.6. The van der Waals surface area contributed by atoms with E-state index in [2.05, 4.69) is 11.9 Å². The van der Waals surface area contributed by atoms with Crippen LogP contribution in [0, 0.1) is 28.6 Å². The minimum Gasteiger partial charge on any atom is -0.458 e. The van der Waals surface area contributed by atoms with Gasteiger partial charge in [0.05, 0.1) is 41.8 Å². The van der Waals surface area contributed by atoms with Crippen LogP contribution in [0.15, 0.2) is 41.0 Å². The van der Waals surface area contributed by atoms with E-state index in [4.69, 9.17) is 19.2 Å². The Hall–Kier alpha value is -2.21. The summed E-state index contributed by atoms with van der Waals surface area (Å²) in [5.74, 6) is -0.181. The first-order valence-corrected chi connectivity index (χ1v) is 16.9. The Labute approximate surface area is 264 Å². The Bertz CT molecular complexity index is 1330. The molecule has 10 nitrogen and oxygen atoms in total. The number of carbonyl (C=O) groups excluding carboxylic acids is 1. The predicted molar refractivity (Wildman–Crippen MR) is 164 cm³/mol. The van der Waals surface area contributed by atoms with Crippen molar-refractivity contribution in [2.24, 2.45) is 33.6 Å². The molecule has 4 N–H and O–H groups in total. The van der Waals surface area contributed by atoms with Crippen molar-refractivity contribution in [1.29, 1.82) is 0 Å². The molecule has 2 aliphatic heterocycles. The highest BCUT2D eigenvalue weighted by Gasteiger charge is 2.71. The number of carbonyl (C=O) groups is 1. The van der Waals surface area contributed by atoms with E-state index >= 15 is 0 Å². The number of fused-ring (bicyclic) bond motifs is 5. The Morgan fingerprint density at radius 1 is 1.09 bits per heavy atom. The maximum Gasteiger partial charge on any atom is 0.331 e. The molecule has 0 aromatic carbocycles. The van der Waals surface area contributed by atoms with E-state index in [1.165, 1.54) is 0 Å². The SMILES string of the molecule is C[C@@H]1O[C@@H](O[C@@H]2CC[C@]3(C=NCc4ccccn4)[C@H]4CC[C@]5(C)[C@@H](C6=CC(=O)OC6)CC[C@@]5(O)[C@@H]4CC[C@]3(O)C2)C[C@@H](O)[C@H]1O. The highest BCUT2D eigenvalue weighted by Crippen LogP contribution is 2.70. The number of hydrogen-bond donors (Lipinski definition) is 4. The minimum absolute atomic E-state index is 0.0157. The number of aromatic nitrogens is 1. The van der Waals surface area contributed by atoms with E-state index in [-0.39, 0.29) is 41.7 Å². The van der Waals surface area contributed by atoms with Crippen LogP contribution in [0.2, 0.25) is 0 Å². The third-order valence-corrected chi connectivity index (χ3v) is 12.9. The lowest BCUT2D eigenvalue weighted by molar-refractivity contribution is -0.282. The molecule has 0 bridgehead atoms. The number of pyridine rings is 1. The molecule has 12 atom stereocenters. The van der Waals surface area contributed by atoms with Crippen LogP contribution in [0.25, 0.3) is 0 Å². The van der Waals surface area contributed by atoms with Crippen LogP contribution in [0.1, 0.15) is 83.7 Å². The van der Waals surface area contributed by atoms with E-state index in [1.807, 2.05) is 24.4 Å². The van der Waals surface area contributed by atoms with Crippen LogP contribution in [-0.4, -0.2) is 86.1 Å². The molecule has 3 heterocycles. The van der Waals surface area contributed by atoms with Crippen LogP contribution in [0.5, 0.6) is 0 Å². The van der Waals surface area contributed by atoms with Crippen LogP contribution in [-0.2, 0) is 25.5 Å². The number of ether oxygens (including phenoxy) is 3. The second-order valence-corrected chi connectivity index (χ2v) is 15.0. The number of hydrogen-bond acceptors (Lipinski definition) is 10. The van der Waals surface area contributed by atoms with Crippen molar-refractivity contribution < 1.29 is 39.4 Å². The molecule has 0 amide bonds. The summed E-state index contributed by atoms with van der Waals surface area (Å²) in [6, 6.07) is 5.78. The average molecular weight is 625 g/mol. The maximum atomic E-state index is 12.7. The monoisotopic (exact) mass is 624 g/mol. The van der Waals surface area contributed by atoms with Gasteiger partial charge in [0, 0.05) is 42.2 Å². The summed E-state index contributed by atoms with van der Waals surface area (Å²) < 4.78 is 17.5. The van der Waals surface area contributed by atoms with Gasteiger partial charge in [-0.3, -0.25) is 9.98 Å². The molecule has 0 radical (unpaired) electrons. The molecular weight excluding hydrogens is 576 g/mol. The van der Waals surface area contributed by atoms with Crippen molar-refractivity contribution in [3.63, 3.8) is 0 Å². The van der Waals surface area contributed by atoms with Gasteiger partial charge >= 0.3 is 5.97 Å². The average Bonchev–Trinajstić information content (AvgIpc) is 3.56. The van der Waals surface area contributed by atoms with E-state index < -0.39 is 41.2 Å². The second-order valence-electron chi connectivity index (χ2n) is 15.0. The van der Waals surface area contributed by atoms with Crippen LogP contribution < -0.4 is 0 Å².